The summed E-state index contributed by atoms with van der Waals surface area (Å²) in [5.41, 5.74) is 1.54. The highest BCUT2D eigenvalue weighted by Gasteiger charge is 2.31. The van der Waals surface area contributed by atoms with Gasteiger partial charge in [0.05, 0.1) is 32.2 Å². The van der Waals surface area contributed by atoms with Crippen LogP contribution in [0.15, 0.2) is 48.8 Å². The second-order valence-corrected chi connectivity index (χ2v) is 10.4. The van der Waals surface area contributed by atoms with E-state index in [0.717, 1.165) is 31.6 Å². The van der Waals surface area contributed by atoms with Crippen molar-refractivity contribution in [3.63, 3.8) is 0 Å². The second-order valence-electron chi connectivity index (χ2n) is 10.4. The number of methoxy groups -OCH3 is 1. The summed E-state index contributed by atoms with van der Waals surface area (Å²) in [6.07, 6.45) is 5.30. The molecule has 3 aliphatic heterocycles. The molecule has 1 saturated heterocycles. The third kappa shape index (κ3) is 7.19. The van der Waals surface area contributed by atoms with E-state index >= 15 is 0 Å². The third-order valence-corrected chi connectivity index (χ3v) is 7.49. The predicted octanol–water partition coefficient (Wildman–Crippen LogP) is 1.59. The van der Waals surface area contributed by atoms with Gasteiger partial charge in [0.15, 0.2) is 0 Å². The quantitative estimate of drug-likeness (QED) is 0.472. The Morgan fingerprint density at radius 1 is 1.05 bits per heavy atom. The summed E-state index contributed by atoms with van der Waals surface area (Å²) in [6, 6.07) is 9.93. The second kappa shape index (κ2) is 13.6. The van der Waals surface area contributed by atoms with Crippen LogP contribution < -0.4 is 14.8 Å². The molecule has 3 aliphatic rings. The minimum atomic E-state index is -0.847. The van der Waals surface area contributed by atoms with Crippen LogP contribution in [0.5, 0.6) is 11.6 Å². The first-order valence-corrected chi connectivity index (χ1v) is 14.0. The van der Waals surface area contributed by atoms with Gasteiger partial charge in [-0.25, -0.2) is 9.67 Å². The molecular weight excluding hydrogens is 526 g/mol. The number of benzene rings is 1. The third-order valence-electron chi connectivity index (χ3n) is 7.49. The number of ether oxygens (including phenoxy) is 3. The first-order valence-electron chi connectivity index (χ1n) is 14.0. The SMILES string of the molecule is COc1ccccc1-n1cc(C[C@H]2NC(=O)c3cccnc3OCCOCCN(C)CC3CCN(CC3)C2=O)nn1. The maximum atomic E-state index is 13.9. The Balaban J connectivity index is 1.39. The Hall–Kier alpha value is -4.03. The van der Waals surface area contributed by atoms with E-state index in [0.29, 0.717) is 43.7 Å². The molecule has 1 fully saturated rings. The number of nitrogens with one attached hydrogen (secondary N) is 1. The summed E-state index contributed by atoms with van der Waals surface area (Å²) in [6.45, 7) is 4.26. The van der Waals surface area contributed by atoms with Gasteiger partial charge in [-0.3, -0.25) is 9.59 Å². The molecular formula is C29H37N7O5. The van der Waals surface area contributed by atoms with Gasteiger partial charge >= 0.3 is 0 Å². The normalized spacial score (nSPS) is 21.4. The molecule has 3 aromatic rings. The van der Waals surface area contributed by atoms with Crippen molar-refractivity contribution in [3.05, 3.63) is 60.0 Å². The van der Waals surface area contributed by atoms with Gasteiger partial charge in [-0.1, -0.05) is 17.3 Å². The molecule has 0 radical (unpaired) electrons. The summed E-state index contributed by atoms with van der Waals surface area (Å²) in [4.78, 5) is 35.7. The Labute approximate surface area is 239 Å². The average Bonchev–Trinajstić information content (AvgIpc) is 3.46. The van der Waals surface area contributed by atoms with E-state index < -0.39 is 11.9 Å². The van der Waals surface area contributed by atoms with Gasteiger partial charge in [-0.05, 0) is 50.1 Å². The molecule has 12 heteroatoms. The molecule has 0 unspecified atom stereocenters. The first kappa shape index (κ1) is 28.5. The highest BCUT2D eigenvalue weighted by molar-refractivity contribution is 5.99. The van der Waals surface area contributed by atoms with Crippen molar-refractivity contribution in [1.29, 1.82) is 0 Å². The maximum Gasteiger partial charge on any atom is 0.257 e. The molecule has 2 amide bonds. The summed E-state index contributed by atoms with van der Waals surface area (Å²) < 4.78 is 18.6. The molecule has 6 rings (SSSR count). The van der Waals surface area contributed by atoms with Gasteiger partial charge in [0.2, 0.25) is 11.8 Å². The monoisotopic (exact) mass is 563 g/mol. The summed E-state index contributed by atoms with van der Waals surface area (Å²) >= 11 is 0. The summed E-state index contributed by atoms with van der Waals surface area (Å²) in [5.74, 6) is 0.756. The Bertz CT molecular complexity index is 1320. The molecule has 2 bridgehead atoms. The van der Waals surface area contributed by atoms with Crippen LogP contribution in [0.2, 0.25) is 0 Å². The van der Waals surface area contributed by atoms with E-state index in [9.17, 15) is 9.59 Å². The van der Waals surface area contributed by atoms with Crippen LogP contribution in [0.1, 0.15) is 28.9 Å². The minimum Gasteiger partial charge on any atom is -0.494 e. The van der Waals surface area contributed by atoms with Crippen molar-refractivity contribution in [3.8, 4) is 17.3 Å². The molecule has 0 aliphatic carbocycles. The van der Waals surface area contributed by atoms with Crippen LogP contribution in [0, 0.1) is 5.92 Å². The van der Waals surface area contributed by atoms with Crippen molar-refractivity contribution in [2.75, 3.05) is 60.2 Å². The number of hydrogen-bond donors (Lipinski definition) is 1. The number of piperidine rings is 1. The lowest BCUT2D eigenvalue weighted by molar-refractivity contribution is -0.134. The van der Waals surface area contributed by atoms with Crippen LogP contribution in [-0.4, -0.2) is 108 Å². The number of fused-ring (bicyclic) bond motifs is 12. The lowest BCUT2D eigenvalue weighted by Gasteiger charge is -2.35. The summed E-state index contributed by atoms with van der Waals surface area (Å²) in [7, 11) is 3.69. The Morgan fingerprint density at radius 3 is 2.71 bits per heavy atom. The van der Waals surface area contributed by atoms with Gasteiger partial charge in [0.25, 0.3) is 5.91 Å². The van der Waals surface area contributed by atoms with Gasteiger partial charge in [-0.15, -0.1) is 5.10 Å². The van der Waals surface area contributed by atoms with E-state index in [4.69, 9.17) is 14.2 Å². The van der Waals surface area contributed by atoms with Crippen LogP contribution >= 0.6 is 0 Å². The smallest absolute Gasteiger partial charge is 0.257 e. The van der Waals surface area contributed by atoms with E-state index in [1.165, 1.54) is 0 Å². The van der Waals surface area contributed by atoms with Crippen LogP contribution in [0.3, 0.4) is 0 Å². The number of amides is 2. The maximum absolute atomic E-state index is 13.9. The van der Waals surface area contributed by atoms with Crippen molar-refractivity contribution in [2.24, 2.45) is 5.92 Å². The standard InChI is InChI=1S/C29H37N7O5/c1-34-14-15-40-16-17-41-28-23(6-5-11-30-28)27(37)31-24(29(38)35-12-9-21(19-34)10-13-35)18-22-20-36(33-32-22)25-7-3-4-8-26(25)39-2/h3-8,11,20-21,24H,9-10,12-19H2,1-2H3,(H,31,37)/t24-/m1/s1. The molecule has 2 aromatic heterocycles. The lowest BCUT2D eigenvalue weighted by atomic mass is 9.95. The number of hydrogen-bond acceptors (Lipinski definition) is 9. The molecule has 218 valence electrons. The number of carbonyl (C=O) groups excluding carboxylic acids is 2. The van der Waals surface area contributed by atoms with Gasteiger partial charge < -0.3 is 29.3 Å². The van der Waals surface area contributed by atoms with Crippen LogP contribution in [0.25, 0.3) is 5.69 Å². The topological polar surface area (TPSA) is 124 Å². The van der Waals surface area contributed by atoms with Gasteiger partial charge in [0, 0.05) is 38.8 Å². The highest BCUT2D eigenvalue weighted by Crippen LogP contribution is 2.23. The molecule has 5 heterocycles. The minimum absolute atomic E-state index is 0.141. The Kier molecular flexibility index (Phi) is 9.42. The van der Waals surface area contributed by atoms with Gasteiger partial charge in [0.1, 0.15) is 29.6 Å². The highest BCUT2D eigenvalue weighted by atomic mass is 16.5. The first-order chi connectivity index (χ1) is 20.0. The zero-order valence-electron chi connectivity index (χ0n) is 23.6. The molecule has 1 aromatic carbocycles. The molecule has 41 heavy (non-hydrogen) atoms. The summed E-state index contributed by atoms with van der Waals surface area (Å²) in [5, 5.41) is 11.5. The van der Waals surface area contributed by atoms with E-state index in [2.05, 4.69) is 32.6 Å². The number of pyridine rings is 1. The zero-order chi connectivity index (χ0) is 28.6. The molecule has 0 spiro atoms. The molecule has 0 saturated carbocycles. The average molecular weight is 564 g/mol. The largest absolute Gasteiger partial charge is 0.494 e. The number of nitrogens with zero attached hydrogens (tertiary/aromatic N) is 6. The number of rotatable bonds is 4. The fourth-order valence-corrected chi connectivity index (χ4v) is 5.26. The Morgan fingerprint density at radius 2 is 1.88 bits per heavy atom. The number of carbonyl (C=O) groups is 2. The predicted molar refractivity (Wildman–Crippen MR) is 150 cm³/mol. The van der Waals surface area contributed by atoms with E-state index in [-0.39, 0.29) is 30.4 Å². The number of aromatic nitrogens is 4. The van der Waals surface area contributed by atoms with Crippen molar-refractivity contribution < 1.29 is 23.8 Å². The fraction of sp³-hybridized carbons (Fsp3) is 0.483. The van der Waals surface area contributed by atoms with Crippen LogP contribution in [-0.2, 0) is 16.0 Å². The van der Waals surface area contributed by atoms with Crippen molar-refractivity contribution in [2.45, 2.75) is 25.3 Å². The number of likely N-dealkylation sites (N-methyl/N-ethyl adjacent to an activating group) is 1. The van der Waals surface area contributed by atoms with Crippen LogP contribution in [0.4, 0.5) is 0 Å². The van der Waals surface area contributed by atoms with Gasteiger partial charge in [-0.2, -0.15) is 0 Å². The van der Waals surface area contributed by atoms with E-state index in [1.54, 1.807) is 36.3 Å². The number of para-hydroxylation sites is 2. The van der Waals surface area contributed by atoms with Crippen molar-refractivity contribution >= 4 is 11.8 Å². The zero-order valence-corrected chi connectivity index (χ0v) is 23.6. The van der Waals surface area contributed by atoms with E-state index in [1.807, 2.05) is 29.2 Å². The molecule has 12 nitrogen and oxygen atoms in total. The molecule has 1 N–H and O–H groups in total. The molecule has 1 atom stereocenters. The fourth-order valence-electron chi connectivity index (χ4n) is 5.26. The lowest BCUT2D eigenvalue weighted by Crippen LogP contribution is -2.52. The van der Waals surface area contributed by atoms with Crippen molar-refractivity contribution in [1.82, 2.24) is 35.1 Å².